The number of hydrogen-bond donors (Lipinski definition) is 2. The molecule has 0 saturated carbocycles. The van der Waals surface area contributed by atoms with Crippen LogP contribution in [0.5, 0.6) is 11.5 Å². The highest BCUT2D eigenvalue weighted by atomic mass is 16.6. The summed E-state index contributed by atoms with van der Waals surface area (Å²) in [6.45, 7) is 1.26. The first kappa shape index (κ1) is 20.8. The molecule has 2 aromatic carbocycles. The van der Waals surface area contributed by atoms with Gasteiger partial charge in [-0.15, -0.1) is 0 Å². The summed E-state index contributed by atoms with van der Waals surface area (Å²) < 4.78 is 7.71. The molecule has 4 rings (SSSR count). The molecule has 0 unspecified atom stereocenters. The number of benzene rings is 2. The van der Waals surface area contributed by atoms with Crippen molar-refractivity contribution in [2.75, 3.05) is 17.2 Å². The third-order valence-electron chi connectivity index (χ3n) is 4.55. The first-order valence-electron chi connectivity index (χ1n) is 9.98. The lowest BCUT2D eigenvalue weighted by Gasteiger charge is -2.11. The van der Waals surface area contributed by atoms with Gasteiger partial charge in [-0.05, 0) is 42.8 Å². The normalized spacial score (nSPS) is 10.5. The average molecular weight is 431 g/mol. The number of para-hydroxylation sites is 1. The Kier molecular flexibility index (Phi) is 6.51. The van der Waals surface area contributed by atoms with Crippen molar-refractivity contribution >= 4 is 23.0 Å². The SMILES string of the molecule is O=[N+]([O-])c1c(NCCCn2ccnc2)ncnc1Nc1ccc(Oc2ccccc2)cc1. The van der Waals surface area contributed by atoms with Gasteiger partial charge in [-0.3, -0.25) is 10.1 Å². The minimum atomic E-state index is -0.493. The predicted molar refractivity (Wildman–Crippen MR) is 120 cm³/mol. The number of imidazole rings is 1. The molecule has 0 bridgehead atoms. The lowest BCUT2D eigenvalue weighted by Crippen LogP contribution is -2.10. The number of nitrogens with one attached hydrogen (secondary N) is 2. The van der Waals surface area contributed by atoms with Crippen molar-refractivity contribution in [3.05, 3.63) is 89.8 Å². The molecule has 2 aromatic heterocycles. The van der Waals surface area contributed by atoms with Crippen LogP contribution in [0.2, 0.25) is 0 Å². The van der Waals surface area contributed by atoms with E-state index in [1.807, 2.05) is 41.1 Å². The first-order valence-corrected chi connectivity index (χ1v) is 9.98. The van der Waals surface area contributed by atoms with Crippen LogP contribution in [0.1, 0.15) is 6.42 Å². The van der Waals surface area contributed by atoms with Crippen molar-refractivity contribution in [1.82, 2.24) is 19.5 Å². The summed E-state index contributed by atoms with van der Waals surface area (Å²) in [5.41, 5.74) is 0.429. The van der Waals surface area contributed by atoms with E-state index in [4.69, 9.17) is 4.74 Å². The minimum Gasteiger partial charge on any atom is -0.457 e. The van der Waals surface area contributed by atoms with E-state index in [9.17, 15) is 10.1 Å². The Morgan fingerprint density at radius 3 is 2.47 bits per heavy atom. The van der Waals surface area contributed by atoms with Crippen molar-refractivity contribution < 1.29 is 9.66 Å². The fraction of sp³-hybridized carbons (Fsp3) is 0.136. The van der Waals surface area contributed by atoms with Crippen LogP contribution in [0, 0.1) is 10.1 Å². The van der Waals surface area contributed by atoms with E-state index < -0.39 is 4.92 Å². The molecule has 0 aliphatic carbocycles. The standard InChI is InChI=1S/C22H21N7O3/c30-29(31)20-21(24-11-4-13-28-14-12-23-16-28)25-15-26-22(20)27-17-7-9-19(10-8-17)32-18-5-2-1-3-6-18/h1-3,5-10,12,14-16H,4,11,13H2,(H2,24,25,26,27). The second-order valence-electron chi connectivity index (χ2n) is 6.82. The smallest absolute Gasteiger partial charge is 0.353 e. The molecule has 0 amide bonds. The lowest BCUT2D eigenvalue weighted by atomic mass is 10.3. The molecule has 0 spiro atoms. The van der Waals surface area contributed by atoms with Gasteiger partial charge in [0.1, 0.15) is 17.8 Å². The molecule has 4 aromatic rings. The van der Waals surface area contributed by atoms with Crippen LogP contribution in [-0.2, 0) is 6.54 Å². The van der Waals surface area contributed by atoms with Crippen LogP contribution in [0.4, 0.5) is 23.0 Å². The predicted octanol–water partition coefficient (Wildman–Crippen LogP) is 4.62. The number of ether oxygens (including phenoxy) is 1. The number of nitrogens with zero attached hydrogens (tertiary/aromatic N) is 5. The molecule has 0 atom stereocenters. The fourth-order valence-electron chi connectivity index (χ4n) is 3.03. The van der Waals surface area contributed by atoms with Gasteiger partial charge in [0.05, 0.1) is 11.3 Å². The zero-order valence-corrected chi connectivity index (χ0v) is 17.1. The first-order chi connectivity index (χ1) is 15.7. The molecule has 0 aliphatic heterocycles. The summed E-state index contributed by atoms with van der Waals surface area (Å²) in [5, 5.41) is 17.8. The van der Waals surface area contributed by atoms with E-state index in [0.717, 1.165) is 18.7 Å². The van der Waals surface area contributed by atoms with Gasteiger partial charge >= 0.3 is 5.69 Å². The topological polar surface area (TPSA) is 120 Å². The largest absolute Gasteiger partial charge is 0.457 e. The molecule has 10 nitrogen and oxygen atoms in total. The Morgan fingerprint density at radius 2 is 1.75 bits per heavy atom. The van der Waals surface area contributed by atoms with Crippen molar-refractivity contribution in [3.63, 3.8) is 0 Å². The maximum absolute atomic E-state index is 11.7. The second kappa shape index (κ2) is 10.0. The van der Waals surface area contributed by atoms with E-state index in [1.165, 1.54) is 6.33 Å². The van der Waals surface area contributed by atoms with Crippen LogP contribution in [0.25, 0.3) is 0 Å². The zero-order chi connectivity index (χ0) is 22.2. The van der Waals surface area contributed by atoms with Crippen molar-refractivity contribution in [3.8, 4) is 11.5 Å². The molecule has 2 N–H and O–H groups in total. The second-order valence-corrected chi connectivity index (χ2v) is 6.82. The molecular formula is C22H21N7O3. The van der Waals surface area contributed by atoms with Gasteiger partial charge in [-0.25, -0.2) is 15.0 Å². The van der Waals surface area contributed by atoms with Gasteiger partial charge in [0.2, 0.25) is 11.6 Å². The van der Waals surface area contributed by atoms with Crippen molar-refractivity contribution in [1.29, 1.82) is 0 Å². The summed E-state index contributed by atoms with van der Waals surface area (Å²) >= 11 is 0. The molecule has 162 valence electrons. The van der Waals surface area contributed by atoms with Gasteiger partial charge in [-0.2, -0.15) is 0 Å². The number of aryl methyl sites for hydroxylation is 1. The maximum Gasteiger partial charge on any atom is 0.353 e. The van der Waals surface area contributed by atoms with Crippen molar-refractivity contribution in [2.24, 2.45) is 0 Å². The highest BCUT2D eigenvalue weighted by Gasteiger charge is 2.23. The maximum atomic E-state index is 11.7. The van der Waals surface area contributed by atoms with E-state index in [0.29, 0.717) is 18.0 Å². The van der Waals surface area contributed by atoms with E-state index in [-0.39, 0.29) is 17.3 Å². The molecule has 10 heteroatoms. The zero-order valence-electron chi connectivity index (χ0n) is 17.1. The van der Waals surface area contributed by atoms with Gasteiger partial charge in [0, 0.05) is 31.2 Å². The number of anilines is 3. The van der Waals surface area contributed by atoms with E-state index >= 15 is 0 Å². The fourth-order valence-corrected chi connectivity index (χ4v) is 3.03. The molecule has 32 heavy (non-hydrogen) atoms. The number of aromatic nitrogens is 4. The molecule has 2 heterocycles. The molecule has 0 saturated heterocycles. The quantitative estimate of drug-likeness (QED) is 0.212. The third kappa shape index (κ3) is 5.36. The van der Waals surface area contributed by atoms with Gasteiger partial charge in [-0.1, -0.05) is 18.2 Å². The van der Waals surface area contributed by atoms with E-state index in [2.05, 4.69) is 25.6 Å². The highest BCUT2D eigenvalue weighted by Crippen LogP contribution is 2.32. The molecular weight excluding hydrogens is 410 g/mol. The average Bonchev–Trinajstić information content (AvgIpc) is 3.32. The molecule has 0 radical (unpaired) electrons. The number of nitro groups is 1. The summed E-state index contributed by atoms with van der Waals surface area (Å²) in [5.74, 6) is 1.66. The highest BCUT2D eigenvalue weighted by molar-refractivity contribution is 5.73. The van der Waals surface area contributed by atoms with Crippen molar-refractivity contribution in [2.45, 2.75) is 13.0 Å². The van der Waals surface area contributed by atoms with Crippen LogP contribution in [0.15, 0.2) is 79.6 Å². The minimum absolute atomic E-state index is 0.110. The molecule has 0 aliphatic rings. The number of rotatable bonds is 10. The summed E-state index contributed by atoms with van der Waals surface area (Å²) in [6, 6.07) is 16.5. The third-order valence-corrected chi connectivity index (χ3v) is 4.55. The van der Waals surface area contributed by atoms with Crippen LogP contribution in [-0.4, -0.2) is 31.0 Å². The summed E-state index contributed by atoms with van der Waals surface area (Å²) in [7, 11) is 0. The van der Waals surface area contributed by atoms with Crippen LogP contribution in [0.3, 0.4) is 0 Å². The monoisotopic (exact) mass is 431 g/mol. The number of hydrogen-bond acceptors (Lipinski definition) is 8. The van der Waals surface area contributed by atoms with Gasteiger partial charge < -0.3 is 19.9 Å². The van der Waals surface area contributed by atoms with Gasteiger partial charge in [0.15, 0.2) is 0 Å². The Morgan fingerprint density at radius 1 is 1.00 bits per heavy atom. The summed E-state index contributed by atoms with van der Waals surface area (Å²) in [4.78, 5) is 23.3. The Bertz CT molecular complexity index is 1150. The summed E-state index contributed by atoms with van der Waals surface area (Å²) in [6.07, 6.45) is 7.35. The Balaban J connectivity index is 1.42. The van der Waals surface area contributed by atoms with Crippen LogP contribution < -0.4 is 15.4 Å². The Hall–Kier alpha value is -4.47. The lowest BCUT2D eigenvalue weighted by molar-refractivity contribution is -0.383. The van der Waals surface area contributed by atoms with Crippen LogP contribution >= 0.6 is 0 Å². The van der Waals surface area contributed by atoms with E-state index in [1.54, 1.807) is 36.8 Å². The molecule has 0 fully saturated rings. The van der Waals surface area contributed by atoms with Gasteiger partial charge in [0.25, 0.3) is 0 Å². The Labute approximate surface area is 184 Å².